The minimum Gasteiger partial charge on any atom is -0.378 e. The van der Waals surface area contributed by atoms with Crippen LogP contribution in [-0.4, -0.2) is 73.0 Å². The molecule has 1 N–H and O–H groups in total. The highest BCUT2D eigenvalue weighted by atomic mass is 16.5. The molecular weight excluding hydrogens is 310 g/mol. The molecular formula is C17H29N3O4. The molecule has 1 atom stereocenters. The Labute approximate surface area is 143 Å². The Morgan fingerprint density at radius 1 is 1.00 bits per heavy atom. The first-order chi connectivity index (χ1) is 11.4. The largest absolute Gasteiger partial charge is 0.378 e. The van der Waals surface area contributed by atoms with E-state index < -0.39 is 6.04 Å². The van der Waals surface area contributed by atoms with Crippen LogP contribution in [0.1, 0.15) is 33.6 Å². The summed E-state index contributed by atoms with van der Waals surface area (Å²) in [5.74, 6) is -0.0240. The molecule has 3 amide bonds. The maximum atomic E-state index is 12.7. The minimum atomic E-state index is -0.492. The van der Waals surface area contributed by atoms with Crippen LogP contribution >= 0.6 is 0 Å². The average molecular weight is 339 g/mol. The Kier molecular flexibility index (Phi) is 6.60. The van der Waals surface area contributed by atoms with Gasteiger partial charge in [0.15, 0.2) is 0 Å². The quantitative estimate of drug-likeness (QED) is 0.796. The second-order valence-corrected chi connectivity index (χ2v) is 6.96. The number of amides is 3. The number of ether oxygens (including phenoxy) is 1. The van der Waals surface area contributed by atoms with Gasteiger partial charge in [-0.3, -0.25) is 14.4 Å². The predicted octanol–water partition coefficient (Wildman–Crippen LogP) is 0.245. The standard InChI is InChI=1S/C17H29N3O4/c1-12(2)15(18-13(3)21)17(23)19-6-4-14(5-7-19)16(22)20-8-10-24-11-9-20/h12,14-15H,4-11H2,1-3H3,(H,18,21). The van der Waals surface area contributed by atoms with Crippen molar-refractivity contribution in [2.75, 3.05) is 39.4 Å². The van der Waals surface area contributed by atoms with Gasteiger partial charge in [-0.05, 0) is 18.8 Å². The van der Waals surface area contributed by atoms with Crippen molar-refractivity contribution in [2.45, 2.75) is 39.7 Å². The molecule has 2 rings (SSSR count). The fourth-order valence-corrected chi connectivity index (χ4v) is 3.32. The van der Waals surface area contributed by atoms with Crippen molar-refractivity contribution >= 4 is 17.7 Å². The number of piperidine rings is 1. The summed E-state index contributed by atoms with van der Waals surface area (Å²) in [6.07, 6.45) is 1.37. The first kappa shape index (κ1) is 18.7. The Bertz CT molecular complexity index is 466. The number of rotatable bonds is 4. The number of carbonyl (C=O) groups is 3. The van der Waals surface area contributed by atoms with Crippen LogP contribution in [0.15, 0.2) is 0 Å². The van der Waals surface area contributed by atoms with Crippen LogP contribution in [0, 0.1) is 11.8 Å². The Morgan fingerprint density at radius 3 is 2.08 bits per heavy atom. The smallest absolute Gasteiger partial charge is 0.245 e. The molecule has 0 spiro atoms. The van der Waals surface area contributed by atoms with Crippen LogP contribution in [0.5, 0.6) is 0 Å². The van der Waals surface area contributed by atoms with Gasteiger partial charge in [0, 0.05) is 39.0 Å². The molecule has 0 aromatic heterocycles. The minimum absolute atomic E-state index is 0.00887. The molecule has 0 saturated carbocycles. The summed E-state index contributed by atoms with van der Waals surface area (Å²) < 4.78 is 5.28. The van der Waals surface area contributed by atoms with E-state index in [-0.39, 0.29) is 29.6 Å². The molecule has 136 valence electrons. The molecule has 7 nitrogen and oxygen atoms in total. The van der Waals surface area contributed by atoms with E-state index in [1.165, 1.54) is 6.92 Å². The van der Waals surface area contributed by atoms with E-state index in [4.69, 9.17) is 4.74 Å². The predicted molar refractivity (Wildman–Crippen MR) is 89.1 cm³/mol. The Balaban J connectivity index is 1.87. The summed E-state index contributed by atoms with van der Waals surface area (Å²) in [5, 5.41) is 2.74. The Morgan fingerprint density at radius 2 is 1.58 bits per heavy atom. The number of carbonyl (C=O) groups excluding carboxylic acids is 3. The first-order valence-corrected chi connectivity index (χ1v) is 8.82. The molecule has 0 bridgehead atoms. The van der Waals surface area contributed by atoms with Crippen molar-refractivity contribution < 1.29 is 19.1 Å². The number of hydrogen-bond acceptors (Lipinski definition) is 4. The highest BCUT2D eigenvalue weighted by molar-refractivity contribution is 5.87. The fourth-order valence-electron chi connectivity index (χ4n) is 3.32. The summed E-state index contributed by atoms with van der Waals surface area (Å²) in [6, 6.07) is -0.492. The van der Waals surface area contributed by atoms with Gasteiger partial charge in [-0.25, -0.2) is 0 Å². The third-order valence-electron chi connectivity index (χ3n) is 4.77. The van der Waals surface area contributed by atoms with Crippen LogP contribution in [0.4, 0.5) is 0 Å². The number of likely N-dealkylation sites (tertiary alicyclic amines) is 1. The maximum Gasteiger partial charge on any atom is 0.245 e. The van der Waals surface area contributed by atoms with Crippen LogP contribution < -0.4 is 5.32 Å². The molecule has 2 aliphatic rings. The number of hydrogen-bond donors (Lipinski definition) is 1. The molecule has 24 heavy (non-hydrogen) atoms. The lowest BCUT2D eigenvalue weighted by Crippen LogP contribution is -2.53. The van der Waals surface area contributed by atoms with E-state index in [0.29, 0.717) is 52.2 Å². The molecule has 0 aliphatic carbocycles. The normalized spacial score (nSPS) is 20.8. The number of nitrogens with zero attached hydrogens (tertiary/aromatic N) is 2. The van der Waals surface area contributed by atoms with E-state index in [2.05, 4.69) is 5.32 Å². The molecule has 2 saturated heterocycles. The van der Waals surface area contributed by atoms with Crippen LogP contribution in [0.25, 0.3) is 0 Å². The van der Waals surface area contributed by atoms with Crippen molar-refractivity contribution in [3.05, 3.63) is 0 Å². The van der Waals surface area contributed by atoms with E-state index in [1.807, 2.05) is 18.7 Å². The topological polar surface area (TPSA) is 79.0 Å². The summed E-state index contributed by atoms with van der Waals surface area (Å²) in [4.78, 5) is 40.2. The van der Waals surface area contributed by atoms with Gasteiger partial charge in [0.2, 0.25) is 17.7 Å². The molecule has 0 aromatic carbocycles. The second-order valence-electron chi connectivity index (χ2n) is 6.96. The lowest BCUT2D eigenvalue weighted by molar-refractivity contribution is -0.145. The monoisotopic (exact) mass is 339 g/mol. The van der Waals surface area contributed by atoms with Gasteiger partial charge in [0.05, 0.1) is 13.2 Å². The van der Waals surface area contributed by atoms with Crippen LogP contribution in [0.2, 0.25) is 0 Å². The van der Waals surface area contributed by atoms with Gasteiger partial charge in [-0.2, -0.15) is 0 Å². The molecule has 1 unspecified atom stereocenters. The summed E-state index contributed by atoms with van der Waals surface area (Å²) in [6.45, 7) is 8.96. The molecule has 7 heteroatoms. The van der Waals surface area contributed by atoms with E-state index in [0.717, 1.165) is 0 Å². The van der Waals surface area contributed by atoms with Crippen molar-refractivity contribution in [3.63, 3.8) is 0 Å². The summed E-state index contributed by atoms with van der Waals surface area (Å²) >= 11 is 0. The van der Waals surface area contributed by atoms with Crippen molar-refractivity contribution in [1.29, 1.82) is 0 Å². The first-order valence-electron chi connectivity index (χ1n) is 8.82. The number of morpholine rings is 1. The van der Waals surface area contributed by atoms with Crippen molar-refractivity contribution in [1.82, 2.24) is 15.1 Å². The molecule has 2 aliphatic heterocycles. The van der Waals surface area contributed by atoms with Gasteiger partial charge < -0.3 is 19.9 Å². The maximum absolute atomic E-state index is 12.7. The SMILES string of the molecule is CC(=O)NC(C(=O)N1CCC(C(=O)N2CCOCC2)CC1)C(C)C. The molecule has 0 aromatic rings. The lowest BCUT2D eigenvalue weighted by Gasteiger charge is -2.37. The van der Waals surface area contributed by atoms with E-state index >= 15 is 0 Å². The average Bonchev–Trinajstić information content (AvgIpc) is 2.59. The fraction of sp³-hybridized carbons (Fsp3) is 0.824. The van der Waals surface area contributed by atoms with Crippen molar-refractivity contribution in [3.8, 4) is 0 Å². The third kappa shape index (κ3) is 4.69. The van der Waals surface area contributed by atoms with Gasteiger partial charge in [0.1, 0.15) is 6.04 Å². The molecule has 2 fully saturated rings. The number of nitrogens with one attached hydrogen (secondary N) is 1. The molecule has 2 heterocycles. The summed E-state index contributed by atoms with van der Waals surface area (Å²) in [7, 11) is 0. The second kappa shape index (κ2) is 8.46. The van der Waals surface area contributed by atoms with Crippen LogP contribution in [-0.2, 0) is 19.1 Å². The lowest BCUT2D eigenvalue weighted by atomic mass is 9.93. The van der Waals surface area contributed by atoms with Crippen molar-refractivity contribution in [2.24, 2.45) is 11.8 Å². The van der Waals surface area contributed by atoms with Gasteiger partial charge in [0.25, 0.3) is 0 Å². The summed E-state index contributed by atoms with van der Waals surface area (Å²) in [5.41, 5.74) is 0. The van der Waals surface area contributed by atoms with E-state index in [9.17, 15) is 14.4 Å². The zero-order valence-corrected chi connectivity index (χ0v) is 14.9. The van der Waals surface area contributed by atoms with Gasteiger partial charge in [-0.1, -0.05) is 13.8 Å². The van der Waals surface area contributed by atoms with Gasteiger partial charge in [-0.15, -0.1) is 0 Å². The van der Waals surface area contributed by atoms with Gasteiger partial charge >= 0.3 is 0 Å². The highest BCUT2D eigenvalue weighted by Crippen LogP contribution is 2.21. The van der Waals surface area contributed by atoms with E-state index in [1.54, 1.807) is 4.90 Å². The third-order valence-corrected chi connectivity index (χ3v) is 4.77. The zero-order valence-electron chi connectivity index (χ0n) is 14.9. The molecule has 0 radical (unpaired) electrons. The highest BCUT2D eigenvalue weighted by Gasteiger charge is 2.34. The van der Waals surface area contributed by atoms with Crippen LogP contribution in [0.3, 0.4) is 0 Å². The zero-order chi connectivity index (χ0) is 17.7. The Hall–Kier alpha value is -1.63.